The van der Waals surface area contributed by atoms with E-state index in [0.717, 1.165) is 43.8 Å². The van der Waals surface area contributed by atoms with Crippen LogP contribution in [0, 0.1) is 0 Å². The van der Waals surface area contributed by atoms with Crippen LogP contribution >= 0.6 is 0 Å². The van der Waals surface area contributed by atoms with Crippen molar-refractivity contribution in [1.29, 1.82) is 0 Å². The molecule has 3 heterocycles. The number of hydrogen-bond donors (Lipinski definition) is 2. The molecular formula is C15H25N7. The minimum atomic E-state index is 0. The minimum Gasteiger partial charge on any atom is -0.338 e. The zero-order valence-electron chi connectivity index (χ0n) is 12.8. The summed E-state index contributed by atoms with van der Waals surface area (Å²) in [6, 6.07) is 3.96. The number of rotatable bonds is 4. The highest BCUT2D eigenvalue weighted by molar-refractivity contribution is 5.53. The Hall–Kier alpha value is -2.15. The van der Waals surface area contributed by atoms with Crippen molar-refractivity contribution in [1.82, 2.24) is 25.1 Å². The lowest BCUT2D eigenvalue weighted by atomic mass is 10.3. The average molecular weight is 303 g/mol. The second kappa shape index (κ2) is 5.57. The number of H-pyrrole nitrogens is 1. The molecule has 2 aliphatic rings. The van der Waals surface area contributed by atoms with Gasteiger partial charge in [0.2, 0.25) is 5.95 Å². The summed E-state index contributed by atoms with van der Waals surface area (Å²) in [5.41, 5.74) is 1.22. The number of nitrogens with zero attached hydrogens (tertiary/aromatic N) is 5. The molecule has 1 aliphatic heterocycles. The molecule has 2 fully saturated rings. The number of hydrogen-bond acceptors (Lipinski definition) is 6. The topological polar surface area (TPSA) is 73.0 Å². The Morgan fingerprint density at radius 3 is 2.82 bits per heavy atom. The minimum absolute atomic E-state index is 0. The molecule has 4 rings (SSSR count). The van der Waals surface area contributed by atoms with Gasteiger partial charge in [-0.3, -0.25) is 5.10 Å². The van der Waals surface area contributed by atoms with E-state index in [0.29, 0.717) is 5.92 Å². The molecule has 0 amide bonds. The molecule has 7 heteroatoms. The standard InChI is InChI=1S/C15H21N7.2H2/c1-21-6-8-22(9-7-21)15-16-5-4-13(18-15)17-14-10-12(19-20-14)11-2-3-11;;/h4-5,10-11H,2-3,6-9H2,1H3,(H2,16,17,18,19,20);2*1H. The molecule has 0 bridgehead atoms. The van der Waals surface area contributed by atoms with Crippen LogP contribution in [-0.2, 0) is 0 Å². The monoisotopic (exact) mass is 303 g/mol. The van der Waals surface area contributed by atoms with Gasteiger partial charge in [0, 0.05) is 52.9 Å². The van der Waals surface area contributed by atoms with Gasteiger partial charge in [0.25, 0.3) is 0 Å². The first-order chi connectivity index (χ1) is 10.8. The van der Waals surface area contributed by atoms with Gasteiger partial charge in [-0.25, -0.2) is 4.98 Å². The van der Waals surface area contributed by atoms with Crippen LogP contribution in [-0.4, -0.2) is 58.3 Å². The smallest absolute Gasteiger partial charge is 0.227 e. The van der Waals surface area contributed by atoms with Crippen LogP contribution in [0.4, 0.5) is 17.6 Å². The van der Waals surface area contributed by atoms with Crippen molar-refractivity contribution in [3.63, 3.8) is 0 Å². The summed E-state index contributed by atoms with van der Waals surface area (Å²) in [7, 11) is 2.14. The molecule has 0 unspecified atom stereocenters. The highest BCUT2D eigenvalue weighted by atomic mass is 15.3. The van der Waals surface area contributed by atoms with Gasteiger partial charge in [-0.2, -0.15) is 10.1 Å². The van der Waals surface area contributed by atoms with Crippen LogP contribution in [0.3, 0.4) is 0 Å². The predicted molar refractivity (Wildman–Crippen MR) is 89.8 cm³/mol. The molecule has 120 valence electrons. The fourth-order valence-electron chi connectivity index (χ4n) is 2.71. The van der Waals surface area contributed by atoms with Crippen LogP contribution in [0.15, 0.2) is 18.3 Å². The fraction of sp³-hybridized carbons (Fsp3) is 0.533. The number of likely N-dealkylation sites (N-methyl/N-ethyl adjacent to an activating group) is 1. The van der Waals surface area contributed by atoms with Crippen LogP contribution in [0.25, 0.3) is 0 Å². The molecule has 7 nitrogen and oxygen atoms in total. The summed E-state index contributed by atoms with van der Waals surface area (Å²) in [4.78, 5) is 13.6. The van der Waals surface area contributed by atoms with Gasteiger partial charge >= 0.3 is 0 Å². The number of nitrogens with one attached hydrogen (secondary N) is 2. The molecule has 0 radical (unpaired) electrons. The van der Waals surface area contributed by atoms with Crippen LogP contribution in [0.5, 0.6) is 0 Å². The third kappa shape index (κ3) is 2.89. The Kier molecular flexibility index (Phi) is 3.42. The van der Waals surface area contributed by atoms with Gasteiger partial charge in [0.15, 0.2) is 5.82 Å². The largest absolute Gasteiger partial charge is 0.338 e. The van der Waals surface area contributed by atoms with Gasteiger partial charge in [-0.1, -0.05) is 0 Å². The molecule has 0 spiro atoms. The first-order valence-corrected chi connectivity index (χ1v) is 7.87. The molecule has 1 saturated heterocycles. The van der Waals surface area contributed by atoms with E-state index in [9.17, 15) is 0 Å². The molecule has 22 heavy (non-hydrogen) atoms. The molecule has 2 aromatic rings. The van der Waals surface area contributed by atoms with Crippen LogP contribution in [0.1, 0.15) is 27.3 Å². The van der Waals surface area contributed by atoms with Crippen LogP contribution in [0.2, 0.25) is 0 Å². The Balaban J connectivity index is 0.00000104. The predicted octanol–water partition coefficient (Wildman–Crippen LogP) is 2.06. The summed E-state index contributed by atoms with van der Waals surface area (Å²) in [6.07, 6.45) is 4.34. The van der Waals surface area contributed by atoms with Crippen molar-refractivity contribution in [2.75, 3.05) is 43.4 Å². The second-order valence-corrected chi connectivity index (χ2v) is 6.14. The molecule has 2 N–H and O–H groups in total. The number of piperazine rings is 1. The lowest BCUT2D eigenvalue weighted by molar-refractivity contribution is 0.311. The van der Waals surface area contributed by atoms with E-state index in [-0.39, 0.29) is 2.85 Å². The molecular weight excluding hydrogens is 278 g/mol. The Morgan fingerprint density at radius 1 is 1.23 bits per heavy atom. The van der Waals surface area contributed by atoms with Crippen molar-refractivity contribution in [2.24, 2.45) is 0 Å². The van der Waals surface area contributed by atoms with E-state index in [4.69, 9.17) is 0 Å². The van der Waals surface area contributed by atoms with E-state index in [1.54, 1.807) is 6.20 Å². The summed E-state index contributed by atoms with van der Waals surface area (Å²) in [6.45, 7) is 4.03. The SMILES string of the molecule is CN1CCN(c2nccc(Nc3cc(C4CC4)[nH]n3)n2)CC1.[HH].[HH]. The maximum Gasteiger partial charge on any atom is 0.227 e. The molecule has 2 aromatic heterocycles. The van der Waals surface area contributed by atoms with Gasteiger partial charge in [-0.05, 0) is 26.0 Å². The normalized spacial score (nSPS) is 19.4. The summed E-state index contributed by atoms with van der Waals surface area (Å²) in [5.74, 6) is 3.08. The molecule has 1 aliphatic carbocycles. The van der Waals surface area contributed by atoms with E-state index >= 15 is 0 Å². The maximum absolute atomic E-state index is 4.62. The van der Waals surface area contributed by atoms with E-state index in [1.165, 1.54) is 18.5 Å². The van der Waals surface area contributed by atoms with Gasteiger partial charge in [0.1, 0.15) is 5.82 Å². The summed E-state index contributed by atoms with van der Waals surface area (Å²) >= 11 is 0. The van der Waals surface area contributed by atoms with Crippen molar-refractivity contribution in [3.05, 3.63) is 24.0 Å². The van der Waals surface area contributed by atoms with Crippen LogP contribution < -0.4 is 10.2 Å². The second-order valence-electron chi connectivity index (χ2n) is 6.14. The van der Waals surface area contributed by atoms with Crippen molar-refractivity contribution in [3.8, 4) is 0 Å². The van der Waals surface area contributed by atoms with Gasteiger partial charge in [0.05, 0.1) is 0 Å². The lowest BCUT2D eigenvalue weighted by Crippen LogP contribution is -2.45. The lowest BCUT2D eigenvalue weighted by Gasteiger charge is -2.32. The first-order valence-electron chi connectivity index (χ1n) is 7.87. The highest BCUT2D eigenvalue weighted by Crippen LogP contribution is 2.39. The Bertz CT molecular complexity index is 651. The molecule has 0 aromatic carbocycles. The number of aromatic amines is 1. The van der Waals surface area contributed by atoms with Gasteiger partial charge < -0.3 is 15.1 Å². The quantitative estimate of drug-likeness (QED) is 0.901. The first kappa shape index (κ1) is 13.5. The third-order valence-electron chi connectivity index (χ3n) is 4.30. The van der Waals surface area contributed by atoms with Crippen molar-refractivity contribution in [2.45, 2.75) is 18.8 Å². The fourth-order valence-corrected chi connectivity index (χ4v) is 2.71. The van der Waals surface area contributed by atoms with Crippen molar-refractivity contribution < 1.29 is 2.85 Å². The average Bonchev–Trinajstić information content (AvgIpc) is 3.29. The zero-order valence-corrected chi connectivity index (χ0v) is 12.8. The highest BCUT2D eigenvalue weighted by Gasteiger charge is 2.25. The van der Waals surface area contributed by atoms with Crippen molar-refractivity contribution >= 4 is 17.6 Å². The number of aromatic nitrogens is 4. The Morgan fingerprint density at radius 2 is 2.05 bits per heavy atom. The van der Waals surface area contributed by atoms with E-state index in [1.807, 2.05) is 6.07 Å². The third-order valence-corrected chi connectivity index (χ3v) is 4.30. The summed E-state index contributed by atoms with van der Waals surface area (Å²) < 4.78 is 0. The number of anilines is 3. The van der Waals surface area contributed by atoms with E-state index in [2.05, 4.69) is 48.4 Å². The molecule has 0 atom stereocenters. The molecule has 1 saturated carbocycles. The summed E-state index contributed by atoms with van der Waals surface area (Å²) in [5, 5.41) is 10.7. The zero-order chi connectivity index (χ0) is 14.9. The Labute approximate surface area is 132 Å². The van der Waals surface area contributed by atoms with E-state index < -0.39 is 0 Å². The van der Waals surface area contributed by atoms with Gasteiger partial charge in [-0.15, -0.1) is 0 Å². The maximum atomic E-state index is 4.62.